The van der Waals surface area contributed by atoms with Crippen molar-refractivity contribution in [2.75, 3.05) is 44.2 Å². The summed E-state index contributed by atoms with van der Waals surface area (Å²) < 4.78 is 20.2. The zero-order chi connectivity index (χ0) is 17.8. The summed E-state index contributed by atoms with van der Waals surface area (Å²) in [5.74, 6) is 0.784. The van der Waals surface area contributed by atoms with Gasteiger partial charge in [0.2, 0.25) is 0 Å². The summed E-state index contributed by atoms with van der Waals surface area (Å²) in [4.78, 5) is 4.92. The molecular formula is C21H23FN2OS. The van der Waals surface area contributed by atoms with E-state index in [4.69, 9.17) is 4.74 Å². The first-order chi connectivity index (χ1) is 12.8. The number of rotatable bonds is 6. The van der Waals surface area contributed by atoms with Crippen molar-refractivity contribution in [3.8, 4) is 5.75 Å². The first-order valence-electron chi connectivity index (χ1n) is 9.11. The molecule has 0 bridgehead atoms. The monoisotopic (exact) mass is 370 g/mol. The van der Waals surface area contributed by atoms with Gasteiger partial charge in [0.1, 0.15) is 11.6 Å². The Hall–Kier alpha value is -2.11. The number of hydrogen-bond acceptors (Lipinski definition) is 4. The molecule has 3 nitrogen and oxygen atoms in total. The van der Waals surface area contributed by atoms with Gasteiger partial charge in [-0.3, -0.25) is 4.90 Å². The second kappa shape index (κ2) is 8.06. The van der Waals surface area contributed by atoms with Gasteiger partial charge in [0.05, 0.1) is 12.3 Å². The molecule has 1 saturated heterocycles. The molecule has 0 N–H and O–H groups in total. The molecule has 0 saturated carbocycles. The Morgan fingerprint density at radius 2 is 1.81 bits per heavy atom. The van der Waals surface area contributed by atoms with Crippen molar-refractivity contribution >= 4 is 27.1 Å². The van der Waals surface area contributed by atoms with Crippen LogP contribution in [0.5, 0.6) is 5.75 Å². The minimum atomic E-state index is -0.159. The second-order valence-corrected chi connectivity index (χ2v) is 7.52. The smallest absolute Gasteiger partial charge is 0.124 e. The lowest BCUT2D eigenvalue weighted by Crippen LogP contribution is -2.46. The Morgan fingerprint density at radius 1 is 1.00 bits per heavy atom. The van der Waals surface area contributed by atoms with Crippen molar-refractivity contribution in [2.24, 2.45) is 0 Å². The molecule has 0 unspecified atom stereocenters. The highest BCUT2D eigenvalue weighted by atomic mass is 32.1. The first kappa shape index (κ1) is 17.3. The number of nitrogens with zero attached hydrogens (tertiary/aromatic N) is 2. The maximum Gasteiger partial charge on any atom is 0.124 e. The van der Waals surface area contributed by atoms with E-state index in [1.807, 2.05) is 36.4 Å². The van der Waals surface area contributed by atoms with Crippen LogP contribution in [0.25, 0.3) is 10.1 Å². The van der Waals surface area contributed by atoms with Gasteiger partial charge in [-0.05, 0) is 36.8 Å². The van der Waals surface area contributed by atoms with Crippen molar-refractivity contribution in [2.45, 2.75) is 6.42 Å². The molecule has 2 aromatic carbocycles. The minimum absolute atomic E-state index is 0.159. The molecule has 1 fully saturated rings. The van der Waals surface area contributed by atoms with Gasteiger partial charge in [-0.15, -0.1) is 11.3 Å². The number of anilines is 1. The Balaban J connectivity index is 1.25. The number of hydrogen-bond donors (Lipinski definition) is 0. The van der Waals surface area contributed by atoms with Gasteiger partial charge in [0.25, 0.3) is 0 Å². The van der Waals surface area contributed by atoms with Crippen LogP contribution in [0.3, 0.4) is 0 Å². The quantitative estimate of drug-likeness (QED) is 0.588. The second-order valence-electron chi connectivity index (χ2n) is 6.61. The van der Waals surface area contributed by atoms with Crippen LogP contribution in [0.4, 0.5) is 10.1 Å². The van der Waals surface area contributed by atoms with E-state index in [1.54, 1.807) is 23.5 Å². The van der Waals surface area contributed by atoms with Gasteiger partial charge >= 0.3 is 0 Å². The maximum atomic E-state index is 13.4. The highest BCUT2D eigenvalue weighted by Crippen LogP contribution is 2.33. The summed E-state index contributed by atoms with van der Waals surface area (Å²) in [6.07, 6.45) is 1.04. The number of fused-ring (bicyclic) bond motifs is 1. The van der Waals surface area contributed by atoms with Crippen molar-refractivity contribution in [3.05, 3.63) is 59.7 Å². The van der Waals surface area contributed by atoms with Crippen LogP contribution in [0, 0.1) is 5.82 Å². The van der Waals surface area contributed by atoms with Crippen molar-refractivity contribution in [3.63, 3.8) is 0 Å². The summed E-state index contributed by atoms with van der Waals surface area (Å²) >= 11 is 1.63. The maximum absolute atomic E-state index is 13.4. The van der Waals surface area contributed by atoms with E-state index in [9.17, 15) is 4.39 Å². The lowest BCUT2D eigenvalue weighted by molar-refractivity contribution is 0.225. The summed E-state index contributed by atoms with van der Waals surface area (Å²) in [5.41, 5.74) is 1.25. The van der Waals surface area contributed by atoms with Crippen LogP contribution in [0.15, 0.2) is 53.9 Å². The van der Waals surface area contributed by atoms with Gasteiger partial charge in [-0.2, -0.15) is 0 Å². The lowest BCUT2D eigenvalue weighted by Gasteiger charge is -2.35. The number of halogens is 1. The fraction of sp³-hybridized carbons (Fsp3) is 0.333. The van der Waals surface area contributed by atoms with E-state index in [0.29, 0.717) is 0 Å². The lowest BCUT2D eigenvalue weighted by atomic mass is 10.2. The van der Waals surface area contributed by atoms with Crippen LogP contribution in [-0.2, 0) is 0 Å². The molecule has 1 aliphatic heterocycles. The van der Waals surface area contributed by atoms with Gasteiger partial charge in [0.15, 0.2) is 0 Å². The third kappa shape index (κ3) is 4.00. The number of piperazine rings is 1. The van der Waals surface area contributed by atoms with Crippen molar-refractivity contribution in [1.82, 2.24) is 4.90 Å². The summed E-state index contributed by atoms with van der Waals surface area (Å²) in [6.45, 7) is 5.97. The molecule has 0 spiro atoms. The predicted molar refractivity (Wildman–Crippen MR) is 107 cm³/mol. The molecule has 1 aliphatic rings. The van der Waals surface area contributed by atoms with Crippen LogP contribution in [0.1, 0.15) is 6.42 Å². The van der Waals surface area contributed by atoms with E-state index in [1.165, 1.54) is 11.1 Å². The first-order valence-corrected chi connectivity index (χ1v) is 9.99. The average molecular weight is 370 g/mol. The SMILES string of the molecule is Fc1ccc2c(N3CCN(CCCOc4ccccc4)CC3)csc2c1. The molecule has 1 aromatic heterocycles. The fourth-order valence-corrected chi connectivity index (χ4v) is 4.44. The summed E-state index contributed by atoms with van der Waals surface area (Å²) in [7, 11) is 0. The topological polar surface area (TPSA) is 15.7 Å². The molecule has 0 amide bonds. The molecule has 0 aliphatic carbocycles. The number of thiophene rings is 1. The van der Waals surface area contributed by atoms with E-state index in [-0.39, 0.29) is 5.82 Å². The molecule has 0 radical (unpaired) electrons. The molecule has 0 atom stereocenters. The normalized spacial score (nSPS) is 15.5. The number of ether oxygens (including phenoxy) is 1. The molecule has 2 heterocycles. The van der Waals surface area contributed by atoms with Gasteiger partial charge in [-0.1, -0.05) is 18.2 Å². The van der Waals surface area contributed by atoms with Crippen LogP contribution in [0.2, 0.25) is 0 Å². The van der Waals surface area contributed by atoms with Crippen LogP contribution >= 0.6 is 11.3 Å². The molecule has 5 heteroatoms. The largest absolute Gasteiger partial charge is 0.494 e. The Morgan fingerprint density at radius 3 is 2.62 bits per heavy atom. The number of para-hydroxylation sites is 1. The third-order valence-electron chi connectivity index (χ3n) is 4.86. The minimum Gasteiger partial charge on any atom is -0.494 e. The van der Waals surface area contributed by atoms with Gasteiger partial charge < -0.3 is 9.64 Å². The predicted octanol–water partition coefficient (Wildman–Crippen LogP) is 4.63. The molecule has 4 rings (SSSR count). The Kier molecular flexibility index (Phi) is 5.37. The van der Waals surface area contributed by atoms with Crippen LogP contribution in [-0.4, -0.2) is 44.2 Å². The average Bonchev–Trinajstić information content (AvgIpc) is 3.09. The van der Waals surface area contributed by atoms with Gasteiger partial charge in [-0.25, -0.2) is 4.39 Å². The zero-order valence-electron chi connectivity index (χ0n) is 14.7. The molecule has 3 aromatic rings. The molecule has 136 valence electrons. The fourth-order valence-electron chi connectivity index (χ4n) is 3.44. The molecule has 26 heavy (non-hydrogen) atoms. The van der Waals surface area contributed by atoms with Crippen molar-refractivity contribution < 1.29 is 9.13 Å². The Labute approximate surface area is 157 Å². The van der Waals surface area contributed by atoms with E-state index < -0.39 is 0 Å². The summed E-state index contributed by atoms with van der Waals surface area (Å²) in [5, 5.41) is 3.33. The van der Waals surface area contributed by atoms with E-state index in [0.717, 1.165) is 56.2 Å². The third-order valence-corrected chi connectivity index (χ3v) is 5.79. The van der Waals surface area contributed by atoms with Crippen molar-refractivity contribution in [1.29, 1.82) is 0 Å². The number of benzene rings is 2. The van der Waals surface area contributed by atoms with E-state index in [2.05, 4.69) is 15.2 Å². The highest BCUT2D eigenvalue weighted by molar-refractivity contribution is 7.17. The molecular weight excluding hydrogens is 347 g/mol. The summed E-state index contributed by atoms with van der Waals surface area (Å²) in [6, 6.07) is 15.1. The highest BCUT2D eigenvalue weighted by Gasteiger charge is 2.19. The van der Waals surface area contributed by atoms with E-state index >= 15 is 0 Å². The zero-order valence-corrected chi connectivity index (χ0v) is 15.6. The van der Waals surface area contributed by atoms with Crippen LogP contribution < -0.4 is 9.64 Å². The standard InChI is InChI=1S/C21H23FN2OS/c22-17-7-8-19-20(16-26-21(19)15-17)24-12-10-23(11-13-24)9-4-14-25-18-5-2-1-3-6-18/h1-3,5-8,15-16H,4,9-14H2. The van der Waals surface area contributed by atoms with Gasteiger partial charge in [0, 0.05) is 48.2 Å². The Bertz CT molecular complexity index is 844.